The number of carbonyl (C=O) groups is 2. The van der Waals surface area contributed by atoms with E-state index in [0.29, 0.717) is 13.1 Å². The minimum atomic E-state index is -0.258. The highest BCUT2D eigenvalue weighted by Crippen LogP contribution is 2.34. The number of likely N-dealkylation sites (tertiary alicyclic amines) is 2. The van der Waals surface area contributed by atoms with E-state index in [0.717, 1.165) is 61.0 Å². The average Bonchev–Trinajstić information content (AvgIpc) is 3.36. The van der Waals surface area contributed by atoms with E-state index in [-0.39, 0.29) is 29.8 Å². The highest BCUT2D eigenvalue weighted by atomic mass is 16.5. The summed E-state index contributed by atoms with van der Waals surface area (Å²) in [5, 5.41) is 11.1. The lowest BCUT2D eigenvalue weighted by molar-refractivity contribution is -0.146. The summed E-state index contributed by atoms with van der Waals surface area (Å²) < 4.78 is 9.89. The third-order valence-corrected chi connectivity index (χ3v) is 6.35. The van der Waals surface area contributed by atoms with Crippen LogP contribution in [-0.4, -0.2) is 66.2 Å². The lowest BCUT2D eigenvalue weighted by atomic mass is 9.97. The number of esters is 2. The molecule has 0 amide bonds. The summed E-state index contributed by atoms with van der Waals surface area (Å²) in [5.41, 5.74) is 3.70. The summed E-state index contributed by atoms with van der Waals surface area (Å²) in [6.45, 7) is 6.59. The van der Waals surface area contributed by atoms with Gasteiger partial charge in [-0.1, -0.05) is 6.07 Å². The topological polar surface area (TPSA) is 79.3 Å². The quantitative estimate of drug-likeness (QED) is 0.729. The summed E-state index contributed by atoms with van der Waals surface area (Å²) in [6, 6.07) is 1.56. The van der Waals surface area contributed by atoms with Crippen LogP contribution >= 0.6 is 0 Å². The maximum atomic E-state index is 12.1. The molecule has 7 nitrogen and oxygen atoms in total. The molecular formula is C22H32N2O5. The molecule has 0 saturated carbocycles. The van der Waals surface area contributed by atoms with Crippen LogP contribution in [0.1, 0.15) is 47.9 Å². The van der Waals surface area contributed by atoms with Gasteiger partial charge in [-0.2, -0.15) is 0 Å². The van der Waals surface area contributed by atoms with Crippen molar-refractivity contribution >= 4 is 11.9 Å². The first-order valence-electron chi connectivity index (χ1n) is 10.3. The minimum Gasteiger partial charge on any atom is -0.507 e. The number of phenols is 1. The number of hydrogen-bond donors (Lipinski definition) is 1. The summed E-state index contributed by atoms with van der Waals surface area (Å²) in [4.78, 5) is 28.3. The van der Waals surface area contributed by atoms with Gasteiger partial charge < -0.3 is 14.6 Å². The number of carbonyl (C=O) groups excluding carboxylic acids is 2. The first-order chi connectivity index (χ1) is 13.9. The van der Waals surface area contributed by atoms with Gasteiger partial charge in [-0.05, 0) is 63.7 Å². The fourth-order valence-corrected chi connectivity index (χ4v) is 4.70. The zero-order chi connectivity index (χ0) is 21.1. The molecule has 1 N–H and O–H groups in total. The molecule has 0 bridgehead atoms. The van der Waals surface area contributed by atoms with Gasteiger partial charge in [0.15, 0.2) is 0 Å². The fraction of sp³-hybridized carbons (Fsp3) is 0.636. The van der Waals surface area contributed by atoms with Gasteiger partial charge in [-0.15, -0.1) is 0 Å². The summed E-state index contributed by atoms with van der Waals surface area (Å²) in [7, 11) is 2.83. The predicted molar refractivity (Wildman–Crippen MR) is 108 cm³/mol. The van der Waals surface area contributed by atoms with Crippen molar-refractivity contribution in [1.82, 2.24) is 9.80 Å². The Morgan fingerprint density at radius 3 is 1.72 bits per heavy atom. The Hall–Kier alpha value is -2.12. The molecule has 0 unspecified atom stereocenters. The molecule has 3 rings (SSSR count). The molecule has 0 aliphatic carbocycles. The lowest BCUT2D eigenvalue weighted by Crippen LogP contribution is -2.37. The van der Waals surface area contributed by atoms with Crippen LogP contribution in [0.4, 0.5) is 0 Å². The Labute approximate surface area is 172 Å². The number of aromatic hydroxyl groups is 1. The first-order valence-corrected chi connectivity index (χ1v) is 10.3. The van der Waals surface area contributed by atoms with Crippen molar-refractivity contribution < 1.29 is 24.2 Å². The number of hydrogen-bond acceptors (Lipinski definition) is 7. The zero-order valence-electron chi connectivity index (χ0n) is 17.9. The molecule has 2 aliphatic heterocycles. The Morgan fingerprint density at radius 2 is 1.34 bits per heavy atom. The van der Waals surface area contributed by atoms with Crippen LogP contribution in [0.25, 0.3) is 0 Å². The third kappa shape index (κ3) is 4.41. The van der Waals surface area contributed by atoms with Gasteiger partial charge in [-0.25, -0.2) is 0 Å². The van der Waals surface area contributed by atoms with Crippen molar-refractivity contribution in [2.45, 2.75) is 64.7 Å². The summed E-state index contributed by atoms with van der Waals surface area (Å²) in [6.07, 6.45) is 3.43. The monoisotopic (exact) mass is 404 g/mol. The number of phenolic OH excluding ortho intramolecular Hbond substituents is 1. The predicted octanol–water partition coefficient (Wildman–Crippen LogP) is 2.28. The molecule has 7 heteroatoms. The van der Waals surface area contributed by atoms with E-state index in [1.54, 1.807) is 0 Å². The third-order valence-electron chi connectivity index (χ3n) is 6.35. The van der Waals surface area contributed by atoms with Crippen molar-refractivity contribution in [2.24, 2.45) is 0 Å². The molecule has 0 radical (unpaired) electrons. The van der Waals surface area contributed by atoms with Crippen LogP contribution in [0.2, 0.25) is 0 Å². The van der Waals surface area contributed by atoms with Gasteiger partial charge in [0.2, 0.25) is 0 Å². The SMILES string of the molecule is COC(=O)[C@@H]1CCCN1Cc1c(C)cc(C)c(CN2CCC[C@H]2C(=O)OC)c1O. The van der Waals surface area contributed by atoms with E-state index >= 15 is 0 Å². The average molecular weight is 405 g/mol. The number of nitrogens with zero attached hydrogens (tertiary/aromatic N) is 2. The van der Waals surface area contributed by atoms with Crippen LogP contribution in [0.5, 0.6) is 5.75 Å². The maximum Gasteiger partial charge on any atom is 0.323 e. The smallest absolute Gasteiger partial charge is 0.323 e. The van der Waals surface area contributed by atoms with Crippen LogP contribution in [0.15, 0.2) is 6.07 Å². The zero-order valence-corrected chi connectivity index (χ0v) is 17.9. The van der Waals surface area contributed by atoms with Gasteiger partial charge in [0.25, 0.3) is 0 Å². The van der Waals surface area contributed by atoms with Gasteiger partial charge in [0, 0.05) is 24.2 Å². The maximum absolute atomic E-state index is 12.1. The molecule has 1 aromatic carbocycles. The molecule has 2 heterocycles. The molecule has 29 heavy (non-hydrogen) atoms. The molecule has 1 aromatic rings. The Bertz CT molecular complexity index is 719. The standard InChI is InChI=1S/C22H32N2O5/c1-14-11-15(2)17(13-24-10-6-8-19(24)22(27)29-4)20(25)16(14)12-23-9-5-7-18(23)21(26)28-3/h11,18-19,25H,5-10,12-13H2,1-4H3/t18-,19-/m0/s1. The first kappa shape index (κ1) is 21.6. The van der Waals surface area contributed by atoms with E-state index in [4.69, 9.17) is 9.47 Å². The van der Waals surface area contributed by atoms with Crippen LogP contribution in [-0.2, 0) is 32.2 Å². The van der Waals surface area contributed by atoms with Crippen molar-refractivity contribution in [3.63, 3.8) is 0 Å². The highest BCUT2D eigenvalue weighted by Gasteiger charge is 2.34. The van der Waals surface area contributed by atoms with E-state index in [1.165, 1.54) is 14.2 Å². The van der Waals surface area contributed by atoms with Gasteiger partial charge >= 0.3 is 11.9 Å². The second kappa shape index (κ2) is 9.13. The van der Waals surface area contributed by atoms with Crippen molar-refractivity contribution in [1.29, 1.82) is 0 Å². The second-order valence-corrected chi connectivity index (χ2v) is 8.12. The molecule has 0 aromatic heterocycles. The number of rotatable bonds is 6. The Kier molecular flexibility index (Phi) is 6.80. The lowest BCUT2D eigenvalue weighted by Gasteiger charge is -2.27. The van der Waals surface area contributed by atoms with E-state index in [2.05, 4.69) is 15.9 Å². The molecule has 2 aliphatic rings. The molecule has 2 atom stereocenters. The molecular weight excluding hydrogens is 372 g/mol. The largest absolute Gasteiger partial charge is 0.507 e. The van der Waals surface area contributed by atoms with E-state index < -0.39 is 0 Å². The second-order valence-electron chi connectivity index (χ2n) is 8.12. The van der Waals surface area contributed by atoms with Gasteiger partial charge in [-0.3, -0.25) is 19.4 Å². The molecule has 0 spiro atoms. The van der Waals surface area contributed by atoms with Crippen molar-refractivity contribution in [2.75, 3.05) is 27.3 Å². The molecule has 2 fully saturated rings. The van der Waals surface area contributed by atoms with Crippen LogP contribution in [0, 0.1) is 13.8 Å². The van der Waals surface area contributed by atoms with E-state index in [1.807, 2.05) is 13.8 Å². The molecule has 160 valence electrons. The summed E-state index contributed by atoms with van der Waals surface area (Å²) >= 11 is 0. The van der Waals surface area contributed by atoms with Gasteiger partial charge in [0.05, 0.1) is 14.2 Å². The molecule has 2 saturated heterocycles. The number of ether oxygens (including phenoxy) is 2. The number of methoxy groups -OCH3 is 2. The van der Waals surface area contributed by atoms with Gasteiger partial charge in [0.1, 0.15) is 17.8 Å². The number of benzene rings is 1. The van der Waals surface area contributed by atoms with Crippen LogP contribution in [0.3, 0.4) is 0 Å². The number of aryl methyl sites for hydroxylation is 2. The normalized spacial score (nSPS) is 22.8. The summed E-state index contributed by atoms with van der Waals surface area (Å²) in [5.74, 6) is -0.163. The Morgan fingerprint density at radius 1 is 0.931 bits per heavy atom. The van der Waals surface area contributed by atoms with Crippen molar-refractivity contribution in [3.8, 4) is 5.75 Å². The van der Waals surface area contributed by atoms with E-state index in [9.17, 15) is 14.7 Å². The minimum absolute atomic E-state index is 0.218. The highest BCUT2D eigenvalue weighted by molar-refractivity contribution is 5.76. The van der Waals surface area contributed by atoms with Crippen LogP contribution < -0.4 is 0 Å². The van der Waals surface area contributed by atoms with Crippen molar-refractivity contribution in [3.05, 3.63) is 28.3 Å². The fourth-order valence-electron chi connectivity index (χ4n) is 4.70. The Balaban J connectivity index is 1.85.